The van der Waals surface area contributed by atoms with Gasteiger partial charge in [-0.3, -0.25) is 4.98 Å². The minimum absolute atomic E-state index is 0.0892. The van der Waals surface area contributed by atoms with Crippen molar-refractivity contribution in [2.24, 2.45) is 5.84 Å². The predicted molar refractivity (Wildman–Crippen MR) is 68.5 cm³/mol. The van der Waals surface area contributed by atoms with E-state index in [0.717, 1.165) is 0 Å². The molecule has 0 spiro atoms. The van der Waals surface area contributed by atoms with E-state index in [1.165, 1.54) is 31.6 Å². The van der Waals surface area contributed by atoms with Gasteiger partial charge in [0.15, 0.2) is 17.3 Å². The molecule has 0 saturated heterocycles. The van der Waals surface area contributed by atoms with Crippen molar-refractivity contribution in [1.82, 2.24) is 9.97 Å². The van der Waals surface area contributed by atoms with Crippen LogP contribution in [0.1, 0.15) is 0 Å². The van der Waals surface area contributed by atoms with E-state index >= 15 is 0 Å². The zero-order valence-corrected chi connectivity index (χ0v) is 10.5. The molecule has 0 aliphatic heterocycles. The summed E-state index contributed by atoms with van der Waals surface area (Å²) in [6.45, 7) is -2.95. The first-order valence-electron chi connectivity index (χ1n) is 5.56. The molecule has 1 aromatic carbocycles. The van der Waals surface area contributed by atoms with Crippen LogP contribution in [0.15, 0.2) is 30.6 Å². The number of anilines is 1. The van der Waals surface area contributed by atoms with Crippen LogP contribution in [0.3, 0.4) is 0 Å². The standard InChI is InChI=1S/C12H12F2N4O2/c1-19-8-3-2-7(6-9(8)20-12(13)14)10-11(18-15)17-5-4-16-10/h2-6,12H,15H2,1H3,(H,17,18). The minimum Gasteiger partial charge on any atom is -0.493 e. The lowest BCUT2D eigenvalue weighted by atomic mass is 10.1. The summed E-state index contributed by atoms with van der Waals surface area (Å²) in [5.74, 6) is 5.76. The molecule has 8 heteroatoms. The Morgan fingerprint density at radius 2 is 1.95 bits per heavy atom. The Balaban J connectivity index is 2.47. The summed E-state index contributed by atoms with van der Waals surface area (Å²) in [6.07, 6.45) is 2.92. The number of halogens is 2. The molecule has 2 aromatic rings. The molecule has 0 bridgehead atoms. The lowest BCUT2D eigenvalue weighted by molar-refractivity contribution is -0.0511. The number of hydrogen-bond acceptors (Lipinski definition) is 6. The van der Waals surface area contributed by atoms with Crippen LogP contribution in [0, 0.1) is 0 Å². The van der Waals surface area contributed by atoms with Gasteiger partial charge in [-0.2, -0.15) is 8.78 Å². The van der Waals surface area contributed by atoms with E-state index < -0.39 is 6.61 Å². The highest BCUT2D eigenvalue weighted by Gasteiger charge is 2.14. The quantitative estimate of drug-likeness (QED) is 0.645. The first kappa shape index (κ1) is 13.9. The Labute approximate surface area is 113 Å². The van der Waals surface area contributed by atoms with Gasteiger partial charge in [0.25, 0.3) is 0 Å². The second kappa shape index (κ2) is 6.11. The second-order valence-electron chi connectivity index (χ2n) is 3.64. The number of ether oxygens (including phenoxy) is 2. The molecule has 20 heavy (non-hydrogen) atoms. The molecular weight excluding hydrogens is 270 g/mol. The number of methoxy groups -OCH3 is 1. The molecule has 0 radical (unpaired) electrons. The maximum Gasteiger partial charge on any atom is 0.387 e. The number of alkyl halides is 2. The molecule has 0 atom stereocenters. The Morgan fingerprint density at radius 1 is 1.20 bits per heavy atom. The molecule has 6 nitrogen and oxygen atoms in total. The summed E-state index contributed by atoms with van der Waals surface area (Å²) in [5.41, 5.74) is 3.32. The van der Waals surface area contributed by atoms with Crippen LogP contribution in [0.2, 0.25) is 0 Å². The van der Waals surface area contributed by atoms with Crippen molar-refractivity contribution in [3.8, 4) is 22.8 Å². The average molecular weight is 282 g/mol. The third kappa shape index (κ3) is 2.91. The summed E-state index contributed by atoms with van der Waals surface area (Å²) in [5, 5.41) is 0. The fraction of sp³-hybridized carbons (Fsp3) is 0.167. The van der Waals surface area contributed by atoms with E-state index in [4.69, 9.17) is 10.6 Å². The van der Waals surface area contributed by atoms with Gasteiger partial charge < -0.3 is 14.9 Å². The van der Waals surface area contributed by atoms with Crippen molar-refractivity contribution in [3.63, 3.8) is 0 Å². The number of rotatable bonds is 5. The highest BCUT2D eigenvalue weighted by Crippen LogP contribution is 2.34. The van der Waals surface area contributed by atoms with Crippen molar-refractivity contribution in [2.45, 2.75) is 6.61 Å². The summed E-state index contributed by atoms with van der Waals surface area (Å²) in [7, 11) is 1.36. The van der Waals surface area contributed by atoms with Crippen LogP contribution in [0.5, 0.6) is 11.5 Å². The third-order valence-corrected chi connectivity index (χ3v) is 2.49. The van der Waals surface area contributed by atoms with Gasteiger partial charge in [0.2, 0.25) is 0 Å². The molecule has 2 rings (SSSR count). The summed E-state index contributed by atoms with van der Waals surface area (Å²) in [4.78, 5) is 8.09. The van der Waals surface area contributed by atoms with E-state index in [2.05, 4.69) is 20.1 Å². The summed E-state index contributed by atoms with van der Waals surface area (Å²) in [6, 6.07) is 4.53. The van der Waals surface area contributed by atoms with Crippen LogP contribution in [-0.2, 0) is 0 Å². The Morgan fingerprint density at radius 3 is 2.60 bits per heavy atom. The van der Waals surface area contributed by atoms with Gasteiger partial charge in [0, 0.05) is 18.0 Å². The number of benzene rings is 1. The topological polar surface area (TPSA) is 82.3 Å². The highest BCUT2D eigenvalue weighted by molar-refractivity contribution is 5.73. The monoisotopic (exact) mass is 282 g/mol. The largest absolute Gasteiger partial charge is 0.493 e. The maximum absolute atomic E-state index is 12.4. The Bertz CT molecular complexity index is 595. The number of hydrazine groups is 1. The molecule has 0 fully saturated rings. The van der Waals surface area contributed by atoms with Gasteiger partial charge >= 0.3 is 6.61 Å². The zero-order valence-electron chi connectivity index (χ0n) is 10.5. The molecule has 0 aliphatic rings. The van der Waals surface area contributed by atoms with Crippen molar-refractivity contribution >= 4 is 5.82 Å². The fourth-order valence-electron chi connectivity index (χ4n) is 1.67. The van der Waals surface area contributed by atoms with E-state index in [-0.39, 0.29) is 11.5 Å². The molecule has 1 heterocycles. The number of nitrogens with one attached hydrogen (secondary N) is 1. The smallest absolute Gasteiger partial charge is 0.387 e. The number of nitrogens with zero attached hydrogens (tertiary/aromatic N) is 2. The van der Waals surface area contributed by atoms with Gasteiger partial charge in [0.05, 0.1) is 7.11 Å². The molecule has 0 saturated carbocycles. The number of hydrogen-bond donors (Lipinski definition) is 2. The minimum atomic E-state index is -2.95. The average Bonchev–Trinajstić information content (AvgIpc) is 2.46. The molecule has 106 valence electrons. The van der Waals surface area contributed by atoms with Crippen LogP contribution in [0.25, 0.3) is 11.3 Å². The van der Waals surface area contributed by atoms with Gasteiger partial charge in [-0.25, -0.2) is 10.8 Å². The van der Waals surface area contributed by atoms with E-state index in [1.807, 2.05) is 0 Å². The maximum atomic E-state index is 12.4. The van der Waals surface area contributed by atoms with Crippen molar-refractivity contribution in [1.29, 1.82) is 0 Å². The van der Waals surface area contributed by atoms with Crippen LogP contribution in [-0.4, -0.2) is 23.7 Å². The normalized spacial score (nSPS) is 10.4. The van der Waals surface area contributed by atoms with Gasteiger partial charge in [-0.1, -0.05) is 0 Å². The van der Waals surface area contributed by atoms with E-state index in [1.54, 1.807) is 6.07 Å². The molecule has 0 unspecified atom stereocenters. The molecule has 1 aromatic heterocycles. The van der Waals surface area contributed by atoms with Crippen LogP contribution in [0.4, 0.5) is 14.6 Å². The van der Waals surface area contributed by atoms with Gasteiger partial charge in [-0.05, 0) is 18.2 Å². The first-order valence-corrected chi connectivity index (χ1v) is 5.56. The molecular formula is C12H12F2N4O2. The summed E-state index contributed by atoms with van der Waals surface area (Å²) >= 11 is 0. The Kier molecular flexibility index (Phi) is 4.26. The summed E-state index contributed by atoms with van der Waals surface area (Å²) < 4.78 is 34.1. The second-order valence-corrected chi connectivity index (χ2v) is 3.64. The Hall–Kier alpha value is -2.48. The fourth-order valence-corrected chi connectivity index (χ4v) is 1.67. The molecule has 0 amide bonds. The first-order chi connectivity index (χ1) is 9.65. The third-order valence-electron chi connectivity index (χ3n) is 2.49. The van der Waals surface area contributed by atoms with Crippen molar-refractivity contribution < 1.29 is 18.3 Å². The van der Waals surface area contributed by atoms with Gasteiger partial charge in [0.1, 0.15) is 5.69 Å². The highest BCUT2D eigenvalue weighted by atomic mass is 19.3. The van der Waals surface area contributed by atoms with Gasteiger partial charge in [-0.15, -0.1) is 0 Å². The van der Waals surface area contributed by atoms with Crippen molar-refractivity contribution in [3.05, 3.63) is 30.6 Å². The van der Waals surface area contributed by atoms with E-state index in [9.17, 15) is 8.78 Å². The lowest BCUT2D eigenvalue weighted by Gasteiger charge is -2.12. The molecule has 0 aliphatic carbocycles. The molecule has 3 N–H and O–H groups in total. The van der Waals surface area contributed by atoms with Crippen LogP contribution >= 0.6 is 0 Å². The number of aromatic nitrogens is 2. The predicted octanol–water partition coefficient (Wildman–Crippen LogP) is 2.04. The van der Waals surface area contributed by atoms with E-state index in [0.29, 0.717) is 17.1 Å². The number of nitrogens with two attached hydrogens (primary N) is 1. The zero-order chi connectivity index (χ0) is 14.5. The number of nitrogen functional groups attached to an aromatic ring is 1. The van der Waals surface area contributed by atoms with Crippen LogP contribution < -0.4 is 20.7 Å². The van der Waals surface area contributed by atoms with Crippen molar-refractivity contribution in [2.75, 3.05) is 12.5 Å². The SMILES string of the molecule is COc1ccc(-c2nccnc2NN)cc1OC(F)F. The lowest BCUT2D eigenvalue weighted by Crippen LogP contribution is -2.10.